The van der Waals surface area contributed by atoms with Gasteiger partial charge in [0.2, 0.25) is 0 Å². The molecule has 11 heteroatoms. The number of sulfone groups is 1. The fourth-order valence-corrected chi connectivity index (χ4v) is 6.69. The first-order valence-corrected chi connectivity index (χ1v) is 14.9. The molecule has 0 aliphatic carbocycles. The summed E-state index contributed by atoms with van der Waals surface area (Å²) < 4.78 is 37.4. The van der Waals surface area contributed by atoms with Crippen LogP contribution in [-0.4, -0.2) is 81.5 Å². The number of halogens is 2. The summed E-state index contributed by atoms with van der Waals surface area (Å²) in [7, 11) is 1.34. The molecule has 0 spiro atoms. The molecule has 4 atom stereocenters. The molecular formula is C27H34Cl2N2O6S. The third-order valence-corrected chi connectivity index (χ3v) is 8.74. The van der Waals surface area contributed by atoms with E-state index >= 15 is 0 Å². The van der Waals surface area contributed by atoms with Crippen molar-refractivity contribution in [2.45, 2.75) is 44.1 Å². The summed E-state index contributed by atoms with van der Waals surface area (Å²) in [4.78, 5) is 29.6. The molecule has 38 heavy (non-hydrogen) atoms. The third kappa shape index (κ3) is 7.70. The highest BCUT2D eigenvalue weighted by molar-refractivity contribution is 7.91. The number of benzene rings is 2. The van der Waals surface area contributed by atoms with Crippen LogP contribution < -0.4 is 0 Å². The number of amides is 1. The predicted octanol–water partition coefficient (Wildman–Crippen LogP) is 4.32. The average molecular weight is 586 g/mol. The van der Waals surface area contributed by atoms with Crippen molar-refractivity contribution in [2.24, 2.45) is 0 Å². The van der Waals surface area contributed by atoms with Gasteiger partial charge in [0, 0.05) is 22.6 Å². The van der Waals surface area contributed by atoms with E-state index < -0.39 is 46.0 Å². The second kappa shape index (κ2) is 13.3. The molecule has 0 aromatic heterocycles. The molecule has 8 nitrogen and oxygen atoms in total. The van der Waals surface area contributed by atoms with E-state index in [0.29, 0.717) is 34.1 Å². The lowest BCUT2D eigenvalue weighted by Gasteiger charge is -2.48. The minimum Gasteiger partial charge on any atom is -0.469 e. The molecule has 1 aliphatic rings. The molecule has 0 bridgehead atoms. The fraction of sp³-hybridized carbons (Fsp3) is 0.481. The van der Waals surface area contributed by atoms with Gasteiger partial charge in [0.05, 0.1) is 31.1 Å². The van der Waals surface area contributed by atoms with Crippen molar-refractivity contribution in [3.05, 3.63) is 69.7 Å². The van der Waals surface area contributed by atoms with Crippen molar-refractivity contribution < 1.29 is 27.5 Å². The third-order valence-electron chi connectivity index (χ3n) is 6.56. The van der Waals surface area contributed by atoms with Gasteiger partial charge < -0.3 is 19.3 Å². The number of ether oxygens (including phenoxy) is 2. The standard InChI is InChI=1S/C27H34Cl2N2O6S/c1-5-22(17-38(34,35)14-13-30(2)3)31-25(18-9-11-20(28)12-10-18)26(19-7-6-8-21(29)15-19)37-23(27(31)33)16-24(32)36-4/h6-12,15,22-23,25-26H,5,13-14,16-17H2,1-4H3. The summed E-state index contributed by atoms with van der Waals surface area (Å²) in [5.41, 5.74) is 1.41. The Morgan fingerprint density at radius 3 is 2.37 bits per heavy atom. The maximum atomic E-state index is 14.0. The van der Waals surface area contributed by atoms with E-state index in [1.807, 2.05) is 27.1 Å². The molecule has 4 unspecified atom stereocenters. The Morgan fingerprint density at radius 1 is 1.11 bits per heavy atom. The molecule has 2 aromatic rings. The maximum absolute atomic E-state index is 14.0. The van der Waals surface area contributed by atoms with Gasteiger partial charge in [-0.2, -0.15) is 0 Å². The predicted molar refractivity (Wildman–Crippen MR) is 148 cm³/mol. The topological polar surface area (TPSA) is 93.2 Å². The summed E-state index contributed by atoms with van der Waals surface area (Å²) in [6.45, 7) is 2.21. The maximum Gasteiger partial charge on any atom is 0.308 e. The van der Waals surface area contributed by atoms with Crippen LogP contribution in [0.15, 0.2) is 48.5 Å². The van der Waals surface area contributed by atoms with Crippen LogP contribution in [0.25, 0.3) is 0 Å². The normalized spacial score (nSPS) is 21.0. The monoisotopic (exact) mass is 584 g/mol. The van der Waals surface area contributed by atoms with Crippen molar-refractivity contribution in [2.75, 3.05) is 39.3 Å². The Labute approximate surface area is 234 Å². The van der Waals surface area contributed by atoms with E-state index in [9.17, 15) is 18.0 Å². The Morgan fingerprint density at radius 2 is 1.79 bits per heavy atom. The lowest BCUT2D eigenvalue weighted by molar-refractivity contribution is -0.183. The number of carbonyl (C=O) groups excluding carboxylic acids is 2. The number of rotatable bonds is 11. The lowest BCUT2D eigenvalue weighted by Crippen LogP contribution is -2.56. The Hall–Kier alpha value is -2.17. The minimum absolute atomic E-state index is 0.0377. The van der Waals surface area contributed by atoms with Crippen LogP contribution in [0.1, 0.15) is 43.0 Å². The van der Waals surface area contributed by atoms with Crippen molar-refractivity contribution in [3.63, 3.8) is 0 Å². The average Bonchev–Trinajstić information content (AvgIpc) is 2.87. The highest BCUT2D eigenvalue weighted by Crippen LogP contribution is 2.44. The molecule has 0 radical (unpaired) electrons. The molecule has 1 amide bonds. The van der Waals surface area contributed by atoms with Crippen LogP contribution in [0.2, 0.25) is 10.0 Å². The van der Waals surface area contributed by atoms with Crippen molar-refractivity contribution in [1.82, 2.24) is 9.80 Å². The number of hydrogen-bond acceptors (Lipinski definition) is 7. The van der Waals surface area contributed by atoms with Crippen LogP contribution in [0.5, 0.6) is 0 Å². The molecule has 1 heterocycles. The summed E-state index contributed by atoms with van der Waals surface area (Å²) >= 11 is 12.5. The van der Waals surface area contributed by atoms with E-state index in [0.717, 1.165) is 0 Å². The van der Waals surface area contributed by atoms with Gasteiger partial charge >= 0.3 is 5.97 Å². The van der Waals surface area contributed by atoms with E-state index in [4.69, 9.17) is 32.7 Å². The molecule has 2 aromatic carbocycles. The molecule has 208 valence electrons. The first-order chi connectivity index (χ1) is 18.0. The SMILES string of the molecule is CCC(CS(=O)(=O)CCN(C)C)N1C(=O)C(CC(=O)OC)OC(c2cccc(Cl)c2)C1c1ccc(Cl)cc1. The molecule has 3 rings (SSSR count). The zero-order valence-corrected chi connectivity index (χ0v) is 24.3. The Kier molecular flexibility index (Phi) is 10.6. The van der Waals surface area contributed by atoms with E-state index in [1.54, 1.807) is 52.3 Å². The van der Waals surface area contributed by atoms with Crippen LogP contribution in [0.3, 0.4) is 0 Å². The quantitative estimate of drug-likeness (QED) is 0.363. The van der Waals surface area contributed by atoms with E-state index in [2.05, 4.69) is 0 Å². The number of carbonyl (C=O) groups is 2. The second-order valence-corrected chi connectivity index (χ2v) is 12.7. The number of hydrogen-bond donors (Lipinski definition) is 0. The van der Waals surface area contributed by atoms with E-state index in [-0.39, 0.29) is 17.9 Å². The second-order valence-electron chi connectivity index (χ2n) is 9.60. The largest absolute Gasteiger partial charge is 0.469 e. The fourth-order valence-electron chi connectivity index (χ4n) is 4.57. The highest BCUT2D eigenvalue weighted by atomic mass is 35.5. The smallest absolute Gasteiger partial charge is 0.308 e. The first-order valence-electron chi connectivity index (χ1n) is 12.4. The van der Waals surface area contributed by atoms with Crippen molar-refractivity contribution in [3.8, 4) is 0 Å². The molecule has 0 N–H and O–H groups in total. The summed E-state index contributed by atoms with van der Waals surface area (Å²) in [5.74, 6) is -1.34. The van der Waals surface area contributed by atoms with E-state index in [1.165, 1.54) is 7.11 Å². The van der Waals surface area contributed by atoms with Crippen LogP contribution in [0, 0.1) is 0 Å². The molecule has 1 saturated heterocycles. The van der Waals surface area contributed by atoms with Crippen LogP contribution >= 0.6 is 23.2 Å². The summed E-state index contributed by atoms with van der Waals surface area (Å²) in [6, 6.07) is 12.7. The van der Waals surface area contributed by atoms with Gasteiger partial charge in [0.25, 0.3) is 5.91 Å². The highest BCUT2D eigenvalue weighted by Gasteiger charge is 2.47. The Bertz CT molecular complexity index is 1220. The number of methoxy groups -OCH3 is 1. The zero-order chi connectivity index (χ0) is 28.0. The van der Waals surface area contributed by atoms with Gasteiger partial charge in [-0.3, -0.25) is 9.59 Å². The van der Waals surface area contributed by atoms with Crippen molar-refractivity contribution in [1.29, 1.82) is 0 Å². The molecular weight excluding hydrogens is 551 g/mol. The summed E-state index contributed by atoms with van der Waals surface area (Å²) in [6.07, 6.45) is -1.82. The number of nitrogens with zero attached hydrogens (tertiary/aromatic N) is 2. The minimum atomic E-state index is -3.52. The molecule has 0 saturated carbocycles. The van der Waals surface area contributed by atoms with Crippen LogP contribution in [0.4, 0.5) is 0 Å². The number of morpholine rings is 1. The van der Waals surface area contributed by atoms with Gasteiger partial charge in [0.15, 0.2) is 9.84 Å². The van der Waals surface area contributed by atoms with Crippen molar-refractivity contribution >= 4 is 44.9 Å². The first kappa shape index (κ1) is 30.4. The Balaban J connectivity index is 2.14. The lowest BCUT2D eigenvalue weighted by atomic mass is 9.89. The zero-order valence-electron chi connectivity index (χ0n) is 22.0. The van der Waals surface area contributed by atoms with Gasteiger partial charge in [-0.1, -0.05) is 54.4 Å². The van der Waals surface area contributed by atoms with Gasteiger partial charge in [-0.25, -0.2) is 8.42 Å². The van der Waals surface area contributed by atoms with Crippen LogP contribution in [-0.2, 0) is 28.9 Å². The van der Waals surface area contributed by atoms with Gasteiger partial charge in [0.1, 0.15) is 12.2 Å². The van der Waals surface area contributed by atoms with Gasteiger partial charge in [-0.05, 0) is 55.9 Å². The summed E-state index contributed by atoms with van der Waals surface area (Å²) in [5, 5.41) is 0.997. The van der Waals surface area contributed by atoms with Gasteiger partial charge in [-0.15, -0.1) is 0 Å². The molecule has 1 fully saturated rings. The number of esters is 1. The molecule has 1 aliphatic heterocycles.